The van der Waals surface area contributed by atoms with Gasteiger partial charge in [0, 0.05) is 105 Å². The first-order valence-electron chi connectivity index (χ1n) is 25.6. The molecule has 24 heteroatoms. The summed E-state index contributed by atoms with van der Waals surface area (Å²) in [5.41, 5.74) is 3.27. The van der Waals surface area contributed by atoms with Crippen molar-refractivity contribution in [3.63, 3.8) is 0 Å². The van der Waals surface area contributed by atoms with Crippen LogP contribution in [0.1, 0.15) is 75.4 Å². The monoisotopic (exact) mass is 1540 g/mol. The first-order chi connectivity index (χ1) is 39.0. The van der Waals surface area contributed by atoms with Crippen molar-refractivity contribution in [2.45, 2.75) is 79.3 Å². The van der Waals surface area contributed by atoms with Crippen molar-refractivity contribution in [1.82, 2.24) is 43.7 Å². The minimum Gasteiger partial charge on any atom is -0.649 e. The van der Waals surface area contributed by atoms with Gasteiger partial charge in [-0.2, -0.15) is 58.4 Å². The third kappa shape index (κ3) is 15.3. The van der Waals surface area contributed by atoms with E-state index < -0.39 is 36.2 Å². The predicted octanol–water partition coefficient (Wildman–Crippen LogP) is 14.5. The van der Waals surface area contributed by atoms with Gasteiger partial charge >= 0.3 is 45.6 Å². The Balaban J connectivity index is 0.000000179. The molecule has 0 saturated heterocycles. The zero-order chi connectivity index (χ0) is 57.9. The van der Waals surface area contributed by atoms with E-state index in [1.165, 1.54) is 72.5 Å². The summed E-state index contributed by atoms with van der Waals surface area (Å²) in [6, 6.07) is 40.1. The van der Waals surface area contributed by atoms with E-state index >= 15 is 0 Å². The summed E-state index contributed by atoms with van der Waals surface area (Å²) >= 11 is 4.77. The van der Waals surface area contributed by atoms with E-state index in [0.717, 1.165) is 59.4 Å². The molecule has 0 aliphatic heterocycles. The number of thiophene rings is 1. The second-order valence-electron chi connectivity index (χ2n) is 18.5. The molecule has 7 aromatic heterocycles. The van der Waals surface area contributed by atoms with Crippen LogP contribution >= 0.6 is 11.3 Å². The van der Waals surface area contributed by atoms with Gasteiger partial charge in [0.05, 0.1) is 18.6 Å². The van der Waals surface area contributed by atoms with Gasteiger partial charge in [0.15, 0.2) is 11.5 Å². The molecule has 0 atom stereocenters. The maximum Gasteiger partial charge on any atom is 0.494 e. The van der Waals surface area contributed by atoms with Gasteiger partial charge in [-0.15, -0.1) is 10.4 Å². The average Bonchev–Trinajstić information content (AvgIpc) is 4.47. The third-order valence-corrected chi connectivity index (χ3v) is 14.4. The maximum absolute atomic E-state index is 13.2. The number of furan rings is 1. The fraction of sp³-hybridized carbons (Fsp3) is 0.220. The summed E-state index contributed by atoms with van der Waals surface area (Å²) in [6.45, 7) is 9.72. The summed E-state index contributed by atoms with van der Waals surface area (Å²) in [5, 5.41) is 17.1. The van der Waals surface area contributed by atoms with Crippen LogP contribution in [0, 0.1) is 17.5 Å². The van der Waals surface area contributed by atoms with Gasteiger partial charge in [-0.3, -0.25) is 9.25 Å². The number of para-hydroxylation sites is 1. The van der Waals surface area contributed by atoms with Crippen molar-refractivity contribution in [3.8, 4) is 49.9 Å². The van der Waals surface area contributed by atoms with Crippen LogP contribution in [-0.4, -0.2) is 76.9 Å². The predicted molar refractivity (Wildman–Crippen MR) is 301 cm³/mol. The molecule has 4 radical (unpaired) electrons. The number of benzene rings is 3. The quantitative estimate of drug-likeness (QED) is 0.0606. The average molecular weight is 1540 g/mol. The van der Waals surface area contributed by atoms with Gasteiger partial charge in [0.1, 0.15) is 23.0 Å². The van der Waals surface area contributed by atoms with Crippen molar-refractivity contribution in [1.29, 1.82) is 0 Å². The Labute approximate surface area is 523 Å². The molecule has 10 aromatic rings. The van der Waals surface area contributed by atoms with E-state index in [1.54, 1.807) is 48.1 Å². The summed E-state index contributed by atoms with van der Waals surface area (Å²) in [7, 11) is 0. The molecule has 0 spiro atoms. The van der Waals surface area contributed by atoms with E-state index in [9.17, 15) is 30.7 Å². The van der Waals surface area contributed by atoms with Crippen molar-refractivity contribution in [3.05, 3.63) is 216 Å². The molecule has 0 N–H and O–H groups in total. The van der Waals surface area contributed by atoms with Gasteiger partial charge in [-0.05, 0) is 54.5 Å². The first kappa shape index (κ1) is 65.9. The molecule has 0 saturated carbocycles. The van der Waals surface area contributed by atoms with Gasteiger partial charge in [-0.25, -0.2) is 35.8 Å². The third-order valence-electron chi connectivity index (χ3n) is 12.6. The molecule has 0 bridgehead atoms. The zero-order valence-electron chi connectivity index (χ0n) is 45.5. The second kappa shape index (κ2) is 29.5. The molecule has 0 unspecified atom stereocenters. The molecule has 7 heterocycles. The van der Waals surface area contributed by atoms with Crippen molar-refractivity contribution in [2.24, 2.45) is 5.41 Å². The summed E-state index contributed by atoms with van der Waals surface area (Å²) in [5.74, 6) is 1.88. The van der Waals surface area contributed by atoms with Crippen LogP contribution in [0.5, 0.6) is 5.75 Å². The first-order valence-corrected chi connectivity index (χ1v) is 27.5. The van der Waals surface area contributed by atoms with Crippen LogP contribution in [-0.2, 0) is 75.9 Å². The SMILES string of the molecule is CCC1=CC(C)(C)C(n2cccn2)=C1[O][AlH].CCCc1[c-]c(-n2cccn2)sc1-c1ccccc1.CCc1cn(-c2ccccc2)c(-n2cccn2)c1[O][AlH].FCc1[c-]c(-n2ncc(C(F)(F)F)c2C(F)(F)F)oc1-c1ccccc1.[Ir].[Ir]. The largest absolute Gasteiger partial charge is 0.649 e. The Morgan fingerprint density at radius 3 is 1.76 bits per heavy atom. The van der Waals surface area contributed by atoms with Crippen LogP contribution < -0.4 is 3.79 Å². The Morgan fingerprint density at radius 2 is 1.25 bits per heavy atom. The van der Waals surface area contributed by atoms with Crippen LogP contribution in [0.2, 0.25) is 0 Å². The molecule has 11 rings (SSSR count). The van der Waals surface area contributed by atoms with Gasteiger partial charge in [-0.1, -0.05) is 144 Å². The van der Waals surface area contributed by atoms with Crippen LogP contribution in [0.4, 0.5) is 30.7 Å². The van der Waals surface area contributed by atoms with E-state index in [-0.39, 0.29) is 67.8 Å². The smallest absolute Gasteiger partial charge is 0.494 e. The van der Waals surface area contributed by atoms with Gasteiger partial charge < -0.3 is 12.0 Å². The number of hydrogen-bond donors (Lipinski definition) is 0. The van der Waals surface area contributed by atoms with Crippen molar-refractivity contribution in [2.75, 3.05) is 0 Å². The van der Waals surface area contributed by atoms with Crippen LogP contribution in [0.3, 0.4) is 0 Å². The van der Waals surface area contributed by atoms with Gasteiger partial charge in [0.2, 0.25) is 0 Å². The molecule has 12 nitrogen and oxygen atoms in total. The second-order valence-corrected chi connectivity index (χ2v) is 20.1. The molecule has 1 aliphatic carbocycles. The Morgan fingerprint density at radius 1 is 0.675 bits per heavy atom. The molecular weight excluding hydrogens is 1490 g/mol. The number of aryl methyl sites for hydroxylation is 2. The topological polar surface area (TPSA) is 108 Å². The normalized spacial score (nSPS) is 12.6. The molecule has 0 fully saturated rings. The molecular formula is C59H54Al2F7Ir2N9O3S-2. The number of halogens is 7. The van der Waals surface area contributed by atoms with Crippen LogP contribution in [0.25, 0.3) is 49.9 Å². The van der Waals surface area contributed by atoms with Gasteiger partial charge in [0.25, 0.3) is 0 Å². The van der Waals surface area contributed by atoms with Crippen molar-refractivity contribution < 1.29 is 82.9 Å². The fourth-order valence-corrected chi connectivity index (χ4v) is 10.8. The summed E-state index contributed by atoms with van der Waals surface area (Å²) in [6.07, 6.45) is 9.11. The standard InChI is InChI=1S/C16H8F7N2O.C16H15N2S.C15H15N3O.C12H16N2O.2Al.2Ir.2H/c17-7-10-6-12(26-13(10)9-4-2-1-3-5-9)25-14(16(21,22)23)11(8-24-25)15(18,19)20;1-2-7-14-12-15(18-11-6-10-17-18)19-16(14)13-8-4-3-5-9-13;1-2-12-11-17(13-7-4-3-5-8-13)15(14(12)19)18-10-6-9-16-18;1-4-9-8-12(2,3)11(10(9)15)14-7-5-6-13-14;;;;;;/h1-5,8H,7H2;3-6,8-11H,2,7H2,1H3;3-11,19H,2H2,1H3;5-8,15H,4H2,1-3H3;;;;;;/q2*-1;;;2*+1;;;;/p-2. The number of hydrogen-bond acceptors (Lipinski definition) is 8. The maximum atomic E-state index is 13.2. The summed E-state index contributed by atoms with van der Waals surface area (Å²) in [4.78, 5) is 1.31. The van der Waals surface area contributed by atoms with E-state index in [1.807, 2.05) is 69.0 Å². The summed E-state index contributed by atoms with van der Waals surface area (Å²) < 4.78 is 115. The Hall–Kier alpha value is -6.29. The number of allylic oxidation sites excluding steroid dienone is 3. The Kier molecular flexibility index (Phi) is 23.4. The number of alkyl halides is 7. The molecule has 1 aliphatic rings. The zero-order valence-corrected chi connectivity index (χ0v) is 53.9. The molecule has 3 aromatic carbocycles. The van der Waals surface area contributed by atoms with Crippen LogP contribution in [0.15, 0.2) is 181 Å². The number of nitrogens with zero attached hydrogens (tertiary/aromatic N) is 9. The molecule has 0 amide bonds. The molecule has 83 heavy (non-hydrogen) atoms. The minimum absolute atomic E-state index is 0. The minimum atomic E-state index is -5.37. The number of aromatic nitrogens is 9. The van der Waals surface area contributed by atoms with E-state index in [4.69, 9.17) is 12.0 Å². The molecule has 434 valence electrons. The number of rotatable bonds is 14. The fourth-order valence-electron chi connectivity index (χ4n) is 9.05. The van der Waals surface area contributed by atoms with E-state index in [0.29, 0.717) is 5.56 Å². The van der Waals surface area contributed by atoms with Crippen molar-refractivity contribution >= 4 is 50.3 Å². The Bertz CT molecular complexity index is 3660. The van der Waals surface area contributed by atoms with E-state index in [2.05, 4.69) is 126 Å².